The molecule has 0 aliphatic carbocycles. The highest BCUT2D eigenvalue weighted by Crippen LogP contribution is 2.13. The number of carbonyl (C=O) groups is 1. The Morgan fingerprint density at radius 2 is 2.31 bits per heavy atom. The molecule has 1 saturated heterocycles. The van der Waals surface area contributed by atoms with Crippen molar-refractivity contribution in [3.63, 3.8) is 0 Å². The van der Waals surface area contributed by atoms with Crippen molar-refractivity contribution >= 4 is 5.97 Å². The van der Waals surface area contributed by atoms with E-state index >= 15 is 0 Å². The third kappa shape index (κ3) is 4.10. The van der Waals surface area contributed by atoms with E-state index in [1.54, 1.807) is 0 Å². The Hall–Kier alpha value is -0.610. The van der Waals surface area contributed by atoms with Crippen LogP contribution in [0.4, 0.5) is 0 Å². The van der Waals surface area contributed by atoms with Gasteiger partial charge in [0.05, 0.1) is 19.1 Å². The fourth-order valence-corrected chi connectivity index (χ4v) is 1.95. The highest BCUT2D eigenvalue weighted by molar-refractivity contribution is 5.72. The maximum Gasteiger partial charge on any atom is 0.310 e. The Morgan fingerprint density at radius 3 is 2.81 bits per heavy atom. The molecule has 1 N–H and O–H groups in total. The predicted octanol–water partition coefficient (Wildman–Crippen LogP) is 1.20. The van der Waals surface area contributed by atoms with Crippen molar-refractivity contribution < 1.29 is 14.3 Å². The Morgan fingerprint density at radius 1 is 1.56 bits per heavy atom. The third-order valence-electron chi connectivity index (χ3n) is 3.07. The zero-order valence-electron chi connectivity index (χ0n) is 10.5. The van der Waals surface area contributed by atoms with Crippen molar-refractivity contribution in [3.05, 3.63) is 0 Å². The molecule has 94 valence electrons. The molecular weight excluding hydrogens is 206 g/mol. The summed E-state index contributed by atoms with van der Waals surface area (Å²) < 4.78 is 10.3. The van der Waals surface area contributed by atoms with E-state index in [0.717, 1.165) is 26.0 Å². The first-order valence-electron chi connectivity index (χ1n) is 6.05. The summed E-state index contributed by atoms with van der Waals surface area (Å²) in [5.74, 6) is 0.102. The van der Waals surface area contributed by atoms with Gasteiger partial charge in [-0.05, 0) is 18.8 Å². The third-order valence-corrected chi connectivity index (χ3v) is 3.07. The van der Waals surface area contributed by atoms with Gasteiger partial charge in [0.15, 0.2) is 0 Å². The highest BCUT2D eigenvalue weighted by atomic mass is 16.5. The first-order valence-corrected chi connectivity index (χ1v) is 6.05. The molecule has 0 bridgehead atoms. The lowest BCUT2D eigenvalue weighted by atomic mass is 9.96. The highest BCUT2D eigenvalue weighted by Gasteiger charge is 2.23. The number of rotatable bonds is 6. The summed E-state index contributed by atoms with van der Waals surface area (Å²) in [5.41, 5.74) is 0. The molecule has 1 aliphatic heterocycles. The maximum absolute atomic E-state index is 11.5. The van der Waals surface area contributed by atoms with Crippen molar-refractivity contribution in [2.75, 3.05) is 26.8 Å². The minimum absolute atomic E-state index is 0.0635. The van der Waals surface area contributed by atoms with Crippen LogP contribution in [-0.4, -0.2) is 38.9 Å². The van der Waals surface area contributed by atoms with E-state index in [4.69, 9.17) is 9.47 Å². The van der Waals surface area contributed by atoms with E-state index in [1.807, 2.05) is 13.8 Å². The summed E-state index contributed by atoms with van der Waals surface area (Å²) in [6, 6.07) is 0. The van der Waals surface area contributed by atoms with Gasteiger partial charge in [0.2, 0.25) is 0 Å². The minimum Gasteiger partial charge on any atom is -0.469 e. The van der Waals surface area contributed by atoms with Crippen LogP contribution in [0.1, 0.15) is 26.7 Å². The van der Waals surface area contributed by atoms with Crippen LogP contribution in [0.15, 0.2) is 0 Å². The number of methoxy groups -OCH3 is 1. The Bertz CT molecular complexity index is 212. The molecule has 4 heteroatoms. The van der Waals surface area contributed by atoms with E-state index in [-0.39, 0.29) is 11.9 Å². The molecule has 16 heavy (non-hydrogen) atoms. The molecule has 0 aromatic heterocycles. The van der Waals surface area contributed by atoms with Crippen LogP contribution in [0.25, 0.3) is 0 Å². The standard InChI is InChI=1S/C12H23NO3/c1-9(2)11(12(14)15-3)8-13-7-10-5-4-6-16-10/h9-11,13H,4-8H2,1-3H3. The average Bonchev–Trinajstić information content (AvgIpc) is 2.75. The molecule has 0 aromatic carbocycles. The van der Waals surface area contributed by atoms with E-state index in [2.05, 4.69) is 5.32 Å². The van der Waals surface area contributed by atoms with Crippen molar-refractivity contribution in [1.82, 2.24) is 5.32 Å². The number of hydrogen-bond acceptors (Lipinski definition) is 4. The molecular formula is C12H23NO3. The quantitative estimate of drug-likeness (QED) is 0.695. The summed E-state index contributed by atoms with van der Waals surface area (Å²) in [4.78, 5) is 11.5. The maximum atomic E-state index is 11.5. The molecule has 0 saturated carbocycles. The van der Waals surface area contributed by atoms with Crippen LogP contribution in [0.2, 0.25) is 0 Å². The second-order valence-corrected chi connectivity index (χ2v) is 4.67. The smallest absolute Gasteiger partial charge is 0.310 e. The van der Waals surface area contributed by atoms with Crippen LogP contribution in [0.5, 0.6) is 0 Å². The van der Waals surface area contributed by atoms with Crippen molar-refractivity contribution in [2.45, 2.75) is 32.8 Å². The molecule has 1 heterocycles. The molecule has 2 unspecified atom stereocenters. The van der Waals surface area contributed by atoms with Gasteiger partial charge < -0.3 is 14.8 Å². The molecule has 4 nitrogen and oxygen atoms in total. The van der Waals surface area contributed by atoms with E-state index in [1.165, 1.54) is 7.11 Å². The van der Waals surface area contributed by atoms with E-state index < -0.39 is 0 Å². The number of nitrogens with one attached hydrogen (secondary N) is 1. The van der Waals surface area contributed by atoms with Gasteiger partial charge in [-0.15, -0.1) is 0 Å². The van der Waals surface area contributed by atoms with Gasteiger partial charge >= 0.3 is 5.97 Å². The first-order chi connectivity index (χ1) is 7.65. The number of hydrogen-bond donors (Lipinski definition) is 1. The summed E-state index contributed by atoms with van der Waals surface area (Å²) in [5, 5.41) is 3.30. The second kappa shape index (κ2) is 6.86. The van der Waals surface area contributed by atoms with Crippen LogP contribution in [0.3, 0.4) is 0 Å². The summed E-state index contributed by atoms with van der Waals surface area (Å²) >= 11 is 0. The normalized spacial score (nSPS) is 22.4. The summed E-state index contributed by atoms with van der Waals surface area (Å²) in [6.45, 7) is 6.45. The van der Waals surface area contributed by atoms with Gasteiger partial charge in [-0.3, -0.25) is 4.79 Å². The van der Waals surface area contributed by atoms with Gasteiger partial charge in [0, 0.05) is 19.7 Å². The zero-order valence-corrected chi connectivity index (χ0v) is 10.5. The topological polar surface area (TPSA) is 47.6 Å². The van der Waals surface area contributed by atoms with Crippen molar-refractivity contribution in [1.29, 1.82) is 0 Å². The molecule has 1 rings (SSSR count). The van der Waals surface area contributed by atoms with E-state index in [9.17, 15) is 4.79 Å². The van der Waals surface area contributed by atoms with Crippen LogP contribution in [0, 0.1) is 11.8 Å². The number of esters is 1. The van der Waals surface area contributed by atoms with Crippen LogP contribution >= 0.6 is 0 Å². The monoisotopic (exact) mass is 229 g/mol. The lowest BCUT2D eigenvalue weighted by molar-refractivity contribution is -0.146. The largest absolute Gasteiger partial charge is 0.469 e. The van der Waals surface area contributed by atoms with Crippen molar-refractivity contribution in [3.8, 4) is 0 Å². The Labute approximate surface area is 97.7 Å². The lowest BCUT2D eigenvalue weighted by Gasteiger charge is -2.19. The molecule has 0 radical (unpaired) electrons. The van der Waals surface area contributed by atoms with Gasteiger partial charge in [0.25, 0.3) is 0 Å². The fourth-order valence-electron chi connectivity index (χ4n) is 1.95. The zero-order chi connectivity index (χ0) is 12.0. The molecule has 1 fully saturated rings. The SMILES string of the molecule is COC(=O)C(CNCC1CCCO1)C(C)C. The van der Waals surface area contributed by atoms with Gasteiger partial charge in [0.1, 0.15) is 0 Å². The molecule has 2 atom stereocenters. The summed E-state index contributed by atoms with van der Waals surface area (Å²) in [6.07, 6.45) is 2.60. The Kier molecular flexibility index (Phi) is 5.77. The fraction of sp³-hybridized carbons (Fsp3) is 0.917. The van der Waals surface area contributed by atoms with Crippen molar-refractivity contribution in [2.24, 2.45) is 11.8 Å². The second-order valence-electron chi connectivity index (χ2n) is 4.67. The van der Waals surface area contributed by atoms with E-state index in [0.29, 0.717) is 18.6 Å². The van der Waals surface area contributed by atoms with Crippen LogP contribution < -0.4 is 5.32 Å². The van der Waals surface area contributed by atoms with Crippen LogP contribution in [-0.2, 0) is 14.3 Å². The van der Waals surface area contributed by atoms with Gasteiger partial charge in [-0.2, -0.15) is 0 Å². The number of carbonyl (C=O) groups excluding carboxylic acids is 1. The summed E-state index contributed by atoms with van der Waals surface area (Å²) in [7, 11) is 1.44. The molecule has 0 amide bonds. The Balaban J connectivity index is 2.23. The average molecular weight is 229 g/mol. The van der Waals surface area contributed by atoms with Gasteiger partial charge in [-0.25, -0.2) is 0 Å². The lowest BCUT2D eigenvalue weighted by Crippen LogP contribution is -2.36. The molecule has 0 aromatic rings. The first kappa shape index (κ1) is 13.5. The number of ether oxygens (including phenoxy) is 2. The predicted molar refractivity (Wildman–Crippen MR) is 62.2 cm³/mol. The minimum atomic E-state index is -0.130. The molecule has 0 spiro atoms. The van der Waals surface area contributed by atoms with Gasteiger partial charge in [-0.1, -0.05) is 13.8 Å². The molecule has 1 aliphatic rings.